The largest absolute Gasteiger partial charge is 0.324 e. The molecule has 1 aliphatic carbocycles. The van der Waals surface area contributed by atoms with Gasteiger partial charge >= 0.3 is 0 Å². The molecule has 0 radical (unpaired) electrons. The summed E-state index contributed by atoms with van der Waals surface area (Å²) in [6.07, 6.45) is 4.59. The topological polar surface area (TPSA) is 26.0 Å². The molecule has 0 saturated heterocycles. The highest BCUT2D eigenvalue weighted by molar-refractivity contribution is 5.08. The molecule has 2 atom stereocenters. The maximum absolute atomic E-state index is 5.74. The van der Waals surface area contributed by atoms with Crippen LogP contribution in [-0.4, -0.2) is 6.04 Å². The Balaban J connectivity index is 2.56. The van der Waals surface area contributed by atoms with E-state index in [1.165, 1.54) is 12.0 Å². The Kier molecular flexibility index (Phi) is 1.91. The molecule has 52 valence electrons. The Morgan fingerprint density at radius 2 is 2.33 bits per heavy atom. The first kappa shape index (κ1) is 6.81. The first-order valence-corrected chi connectivity index (χ1v) is 3.61. The Hall–Kier alpha value is -0.300. The highest BCUT2D eigenvalue weighted by Gasteiger charge is 2.12. The second-order valence-electron chi connectivity index (χ2n) is 3.22. The fraction of sp³-hybridized carbons (Fsp3) is 0.750. The summed E-state index contributed by atoms with van der Waals surface area (Å²) in [5.41, 5.74) is 7.20. The minimum Gasteiger partial charge on any atom is -0.324 e. The van der Waals surface area contributed by atoms with Gasteiger partial charge < -0.3 is 5.73 Å². The highest BCUT2D eigenvalue weighted by Crippen LogP contribution is 2.21. The molecule has 0 heterocycles. The number of hydrogen-bond acceptors (Lipinski definition) is 1. The second kappa shape index (κ2) is 2.53. The van der Waals surface area contributed by atoms with Gasteiger partial charge in [-0.2, -0.15) is 0 Å². The van der Waals surface area contributed by atoms with Crippen LogP contribution in [0.15, 0.2) is 11.6 Å². The van der Waals surface area contributed by atoms with E-state index in [4.69, 9.17) is 5.73 Å². The first-order chi connectivity index (χ1) is 4.18. The standard InChI is InChI=1S/C8H15N/c1-6-3-7(2)5-8(9)4-6/h4,7-8H,3,5,9H2,1-2H3. The third kappa shape index (κ3) is 1.83. The van der Waals surface area contributed by atoms with Crippen molar-refractivity contribution in [3.63, 3.8) is 0 Å². The summed E-state index contributed by atoms with van der Waals surface area (Å²) in [6, 6.07) is 0.328. The quantitative estimate of drug-likeness (QED) is 0.490. The van der Waals surface area contributed by atoms with Crippen molar-refractivity contribution in [3.8, 4) is 0 Å². The van der Waals surface area contributed by atoms with Gasteiger partial charge in [-0.15, -0.1) is 0 Å². The van der Waals surface area contributed by atoms with Gasteiger partial charge in [0, 0.05) is 6.04 Å². The van der Waals surface area contributed by atoms with E-state index in [-0.39, 0.29) is 0 Å². The molecular weight excluding hydrogens is 110 g/mol. The molecule has 0 aromatic rings. The van der Waals surface area contributed by atoms with Crippen LogP contribution in [0, 0.1) is 5.92 Å². The Morgan fingerprint density at radius 3 is 2.78 bits per heavy atom. The fourth-order valence-corrected chi connectivity index (χ4v) is 1.60. The van der Waals surface area contributed by atoms with Crippen LogP contribution in [0.25, 0.3) is 0 Å². The molecule has 1 rings (SSSR count). The molecule has 9 heavy (non-hydrogen) atoms. The smallest absolute Gasteiger partial charge is 0.0228 e. The van der Waals surface area contributed by atoms with Crippen LogP contribution in [0.3, 0.4) is 0 Å². The molecule has 0 amide bonds. The normalized spacial score (nSPS) is 36.1. The maximum Gasteiger partial charge on any atom is 0.0228 e. The molecule has 1 aliphatic rings. The number of rotatable bonds is 0. The Bertz CT molecular complexity index is 127. The summed E-state index contributed by atoms with van der Waals surface area (Å²) in [5.74, 6) is 0.796. The van der Waals surface area contributed by atoms with Gasteiger partial charge in [0.1, 0.15) is 0 Å². The predicted molar refractivity (Wildman–Crippen MR) is 40.1 cm³/mol. The molecular formula is C8H15N. The van der Waals surface area contributed by atoms with Gasteiger partial charge in [0.15, 0.2) is 0 Å². The van der Waals surface area contributed by atoms with Crippen LogP contribution in [0.1, 0.15) is 26.7 Å². The molecule has 0 bridgehead atoms. The van der Waals surface area contributed by atoms with Crippen molar-refractivity contribution in [1.82, 2.24) is 0 Å². The lowest BCUT2D eigenvalue weighted by atomic mass is 9.88. The van der Waals surface area contributed by atoms with E-state index in [1.807, 2.05) is 0 Å². The molecule has 1 nitrogen and oxygen atoms in total. The van der Waals surface area contributed by atoms with Gasteiger partial charge in [0.2, 0.25) is 0 Å². The summed E-state index contributed by atoms with van der Waals surface area (Å²) >= 11 is 0. The van der Waals surface area contributed by atoms with Crippen molar-refractivity contribution in [1.29, 1.82) is 0 Å². The monoisotopic (exact) mass is 125 g/mol. The molecule has 2 unspecified atom stereocenters. The minimum absolute atomic E-state index is 0.328. The molecule has 0 spiro atoms. The SMILES string of the molecule is CC1=CC(N)CC(C)C1. The van der Waals surface area contributed by atoms with Crippen molar-refractivity contribution < 1.29 is 0 Å². The van der Waals surface area contributed by atoms with Crippen LogP contribution in [0.5, 0.6) is 0 Å². The van der Waals surface area contributed by atoms with Crippen molar-refractivity contribution >= 4 is 0 Å². The summed E-state index contributed by atoms with van der Waals surface area (Å²) in [4.78, 5) is 0. The average molecular weight is 125 g/mol. The zero-order chi connectivity index (χ0) is 6.85. The van der Waals surface area contributed by atoms with Crippen LogP contribution in [0.2, 0.25) is 0 Å². The predicted octanol–water partition coefficient (Wildman–Crippen LogP) is 1.69. The van der Waals surface area contributed by atoms with Gasteiger partial charge in [0.05, 0.1) is 0 Å². The average Bonchev–Trinajstić information content (AvgIpc) is 1.59. The fourth-order valence-electron chi connectivity index (χ4n) is 1.60. The van der Waals surface area contributed by atoms with Gasteiger partial charge in [-0.3, -0.25) is 0 Å². The van der Waals surface area contributed by atoms with Crippen LogP contribution >= 0.6 is 0 Å². The zero-order valence-corrected chi connectivity index (χ0v) is 6.22. The molecule has 0 aliphatic heterocycles. The molecule has 0 aromatic heterocycles. The molecule has 2 N–H and O–H groups in total. The summed E-state index contributed by atoms with van der Waals surface area (Å²) in [5, 5.41) is 0. The van der Waals surface area contributed by atoms with Crippen LogP contribution < -0.4 is 5.73 Å². The lowest BCUT2D eigenvalue weighted by Crippen LogP contribution is -2.24. The third-order valence-electron chi connectivity index (χ3n) is 1.84. The summed E-state index contributed by atoms with van der Waals surface area (Å²) in [7, 11) is 0. The van der Waals surface area contributed by atoms with Crippen LogP contribution in [0.4, 0.5) is 0 Å². The van der Waals surface area contributed by atoms with Crippen molar-refractivity contribution in [2.75, 3.05) is 0 Å². The van der Waals surface area contributed by atoms with Gasteiger partial charge in [-0.05, 0) is 25.7 Å². The van der Waals surface area contributed by atoms with E-state index in [0.717, 1.165) is 12.3 Å². The molecule has 0 fully saturated rings. The first-order valence-electron chi connectivity index (χ1n) is 3.61. The summed E-state index contributed by atoms with van der Waals surface area (Å²) in [6.45, 7) is 4.42. The maximum atomic E-state index is 5.74. The van der Waals surface area contributed by atoms with Crippen LogP contribution in [-0.2, 0) is 0 Å². The lowest BCUT2D eigenvalue weighted by molar-refractivity contribution is 0.472. The highest BCUT2D eigenvalue weighted by atomic mass is 14.6. The van der Waals surface area contributed by atoms with Gasteiger partial charge in [0.25, 0.3) is 0 Å². The van der Waals surface area contributed by atoms with Gasteiger partial charge in [-0.25, -0.2) is 0 Å². The number of allylic oxidation sites excluding steroid dienone is 1. The van der Waals surface area contributed by atoms with E-state index >= 15 is 0 Å². The van der Waals surface area contributed by atoms with E-state index in [2.05, 4.69) is 19.9 Å². The van der Waals surface area contributed by atoms with E-state index in [0.29, 0.717) is 6.04 Å². The molecule has 0 saturated carbocycles. The number of hydrogen-bond donors (Lipinski definition) is 1. The second-order valence-corrected chi connectivity index (χ2v) is 3.22. The summed E-state index contributed by atoms with van der Waals surface area (Å²) < 4.78 is 0. The molecule has 0 aromatic carbocycles. The van der Waals surface area contributed by atoms with E-state index in [9.17, 15) is 0 Å². The Labute approximate surface area is 56.9 Å². The van der Waals surface area contributed by atoms with E-state index in [1.54, 1.807) is 0 Å². The van der Waals surface area contributed by atoms with Crippen molar-refractivity contribution in [2.45, 2.75) is 32.7 Å². The van der Waals surface area contributed by atoms with Crippen molar-refractivity contribution in [2.24, 2.45) is 11.7 Å². The van der Waals surface area contributed by atoms with E-state index < -0.39 is 0 Å². The van der Waals surface area contributed by atoms with Gasteiger partial charge in [-0.1, -0.05) is 18.6 Å². The third-order valence-corrected chi connectivity index (χ3v) is 1.84. The number of nitrogens with two attached hydrogens (primary N) is 1. The zero-order valence-electron chi connectivity index (χ0n) is 6.22. The van der Waals surface area contributed by atoms with Crippen molar-refractivity contribution in [3.05, 3.63) is 11.6 Å². The lowest BCUT2D eigenvalue weighted by Gasteiger charge is -2.21. The Morgan fingerprint density at radius 1 is 1.67 bits per heavy atom. The minimum atomic E-state index is 0.328. The molecule has 1 heteroatoms.